The van der Waals surface area contributed by atoms with Gasteiger partial charge in [0.1, 0.15) is 4.21 Å². The Kier molecular flexibility index (Phi) is 3.82. The van der Waals surface area contributed by atoms with Crippen molar-refractivity contribution in [1.29, 1.82) is 0 Å². The van der Waals surface area contributed by atoms with Crippen molar-refractivity contribution in [2.24, 2.45) is 0 Å². The normalized spacial score (nSPS) is 11.3. The molecule has 5 nitrogen and oxygen atoms in total. The van der Waals surface area contributed by atoms with Crippen molar-refractivity contribution in [3.63, 3.8) is 0 Å². The van der Waals surface area contributed by atoms with Gasteiger partial charge < -0.3 is 5.11 Å². The number of benzene rings is 1. The molecule has 0 bridgehead atoms. The van der Waals surface area contributed by atoms with Crippen LogP contribution in [-0.2, 0) is 10.0 Å². The van der Waals surface area contributed by atoms with Crippen LogP contribution in [-0.4, -0.2) is 26.5 Å². The van der Waals surface area contributed by atoms with E-state index in [2.05, 4.69) is 0 Å². The molecule has 2 aromatic rings. The highest BCUT2D eigenvalue weighted by Gasteiger charge is 2.24. The minimum atomic E-state index is -3.73. The highest BCUT2D eigenvalue weighted by molar-refractivity contribution is 7.94. The standard InChI is InChI=1S/C13H13NO4S2/c1-9-3-5-11(6-4-9)14(2)20(17,18)12-7-10(8-19-12)13(15)16/h3-8H,1-2H3,(H,15,16). The number of rotatable bonds is 4. The topological polar surface area (TPSA) is 74.7 Å². The van der Waals surface area contributed by atoms with Gasteiger partial charge in [-0.2, -0.15) is 0 Å². The van der Waals surface area contributed by atoms with E-state index in [0.717, 1.165) is 21.2 Å². The summed E-state index contributed by atoms with van der Waals surface area (Å²) in [5, 5.41) is 10.2. The number of carbonyl (C=O) groups is 1. The van der Waals surface area contributed by atoms with E-state index < -0.39 is 16.0 Å². The molecule has 0 aliphatic carbocycles. The molecule has 0 fully saturated rings. The van der Waals surface area contributed by atoms with Gasteiger partial charge in [0.05, 0.1) is 11.3 Å². The predicted octanol–water partition coefficient (Wildman–Crippen LogP) is 2.58. The summed E-state index contributed by atoms with van der Waals surface area (Å²) in [6.45, 7) is 1.91. The van der Waals surface area contributed by atoms with Crippen LogP contribution in [0.15, 0.2) is 39.9 Å². The number of nitrogens with zero attached hydrogens (tertiary/aromatic N) is 1. The Morgan fingerprint density at radius 2 is 1.85 bits per heavy atom. The van der Waals surface area contributed by atoms with Gasteiger partial charge in [0.15, 0.2) is 0 Å². The van der Waals surface area contributed by atoms with Crippen LogP contribution < -0.4 is 4.31 Å². The lowest BCUT2D eigenvalue weighted by molar-refractivity contribution is 0.0697. The second kappa shape index (κ2) is 5.26. The van der Waals surface area contributed by atoms with Crippen molar-refractivity contribution in [3.05, 3.63) is 46.8 Å². The van der Waals surface area contributed by atoms with E-state index in [-0.39, 0.29) is 9.77 Å². The molecule has 0 unspecified atom stereocenters. The molecule has 0 spiro atoms. The highest BCUT2D eigenvalue weighted by Crippen LogP contribution is 2.27. The Hall–Kier alpha value is -1.86. The zero-order valence-electron chi connectivity index (χ0n) is 10.9. The quantitative estimate of drug-likeness (QED) is 0.941. The van der Waals surface area contributed by atoms with Gasteiger partial charge in [-0.05, 0) is 25.1 Å². The maximum atomic E-state index is 12.4. The number of carboxylic acids is 1. The monoisotopic (exact) mass is 311 g/mol. The van der Waals surface area contributed by atoms with E-state index in [1.54, 1.807) is 12.1 Å². The molecule has 0 radical (unpaired) electrons. The number of hydrogen-bond donors (Lipinski definition) is 1. The van der Waals surface area contributed by atoms with Gasteiger partial charge >= 0.3 is 5.97 Å². The first-order valence-corrected chi connectivity index (χ1v) is 8.02. The zero-order valence-corrected chi connectivity index (χ0v) is 12.5. The molecule has 0 aliphatic heterocycles. The van der Waals surface area contributed by atoms with Crippen LogP contribution in [0.2, 0.25) is 0 Å². The Balaban J connectivity index is 2.38. The Morgan fingerprint density at radius 1 is 1.25 bits per heavy atom. The fraction of sp³-hybridized carbons (Fsp3) is 0.154. The zero-order chi connectivity index (χ0) is 14.9. The molecule has 106 valence electrons. The van der Waals surface area contributed by atoms with Gasteiger partial charge in [-0.15, -0.1) is 11.3 Å². The van der Waals surface area contributed by atoms with Crippen molar-refractivity contribution < 1.29 is 18.3 Å². The molecule has 2 rings (SSSR count). The number of anilines is 1. The second-order valence-electron chi connectivity index (χ2n) is 4.27. The van der Waals surface area contributed by atoms with E-state index in [1.165, 1.54) is 18.5 Å². The largest absolute Gasteiger partial charge is 0.478 e. The van der Waals surface area contributed by atoms with E-state index in [4.69, 9.17) is 5.11 Å². The lowest BCUT2D eigenvalue weighted by Crippen LogP contribution is -2.25. The third kappa shape index (κ3) is 2.68. The van der Waals surface area contributed by atoms with Crippen LogP contribution in [0.4, 0.5) is 5.69 Å². The maximum absolute atomic E-state index is 12.4. The number of aryl methyl sites for hydroxylation is 1. The first-order valence-electron chi connectivity index (χ1n) is 5.70. The lowest BCUT2D eigenvalue weighted by Gasteiger charge is -2.18. The molecule has 1 aromatic heterocycles. The number of hydrogen-bond acceptors (Lipinski definition) is 4. The SMILES string of the molecule is Cc1ccc(N(C)S(=O)(=O)c2cc(C(=O)O)cs2)cc1. The van der Waals surface area contributed by atoms with Gasteiger partial charge in [-0.25, -0.2) is 13.2 Å². The molecular formula is C13H13NO4S2. The first-order chi connectivity index (χ1) is 9.32. The minimum Gasteiger partial charge on any atom is -0.478 e. The van der Waals surface area contributed by atoms with Gasteiger partial charge in [-0.3, -0.25) is 4.31 Å². The summed E-state index contributed by atoms with van der Waals surface area (Å²) >= 11 is 0.901. The van der Waals surface area contributed by atoms with Crippen molar-refractivity contribution in [2.75, 3.05) is 11.4 Å². The number of thiophene rings is 1. The van der Waals surface area contributed by atoms with Crippen LogP contribution >= 0.6 is 11.3 Å². The molecule has 0 amide bonds. The summed E-state index contributed by atoms with van der Waals surface area (Å²) in [5.74, 6) is -1.14. The van der Waals surface area contributed by atoms with E-state index in [1.807, 2.05) is 19.1 Å². The molecule has 7 heteroatoms. The average Bonchev–Trinajstić information content (AvgIpc) is 2.89. The third-order valence-electron chi connectivity index (χ3n) is 2.83. The molecule has 20 heavy (non-hydrogen) atoms. The van der Waals surface area contributed by atoms with Crippen LogP contribution in [0.25, 0.3) is 0 Å². The predicted molar refractivity (Wildman–Crippen MR) is 78.0 cm³/mol. The van der Waals surface area contributed by atoms with Crippen LogP contribution in [0, 0.1) is 6.92 Å². The van der Waals surface area contributed by atoms with Crippen LogP contribution in [0.3, 0.4) is 0 Å². The van der Waals surface area contributed by atoms with Crippen molar-refractivity contribution in [1.82, 2.24) is 0 Å². The highest BCUT2D eigenvalue weighted by atomic mass is 32.2. The Labute approximate surface area is 121 Å². The number of sulfonamides is 1. The van der Waals surface area contributed by atoms with E-state index in [9.17, 15) is 13.2 Å². The van der Waals surface area contributed by atoms with Crippen molar-refractivity contribution in [2.45, 2.75) is 11.1 Å². The molecule has 1 aromatic carbocycles. The summed E-state index contributed by atoms with van der Waals surface area (Å²) in [5.41, 5.74) is 1.54. The molecule has 1 heterocycles. The fourth-order valence-electron chi connectivity index (χ4n) is 1.59. The Morgan fingerprint density at radius 3 is 2.35 bits per heavy atom. The minimum absolute atomic E-state index is 0.0120. The van der Waals surface area contributed by atoms with Crippen LogP contribution in [0.5, 0.6) is 0 Å². The lowest BCUT2D eigenvalue weighted by atomic mass is 10.2. The third-order valence-corrected chi connectivity index (χ3v) is 6.04. The smallest absolute Gasteiger partial charge is 0.336 e. The van der Waals surface area contributed by atoms with Crippen LogP contribution in [0.1, 0.15) is 15.9 Å². The van der Waals surface area contributed by atoms with Crippen molar-refractivity contribution >= 4 is 33.0 Å². The molecule has 1 N–H and O–H groups in total. The summed E-state index contributed by atoms with van der Waals surface area (Å²) in [7, 11) is -2.28. The average molecular weight is 311 g/mol. The molecular weight excluding hydrogens is 298 g/mol. The first kappa shape index (κ1) is 14.5. The summed E-state index contributed by atoms with van der Waals surface area (Å²) in [4.78, 5) is 10.8. The summed E-state index contributed by atoms with van der Waals surface area (Å²) < 4.78 is 25.9. The molecule has 0 saturated carbocycles. The molecule has 0 saturated heterocycles. The van der Waals surface area contributed by atoms with Gasteiger partial charge in [0, 0.05) is 12.4 Å². The van der Waals surface area contributed by atoms with Gasteiger partial charge in [0.2, 0.25) is 0 Å². The van der Waals surface area contributed by atoms with Gasteiger partial charge in [0.25, 0.3) is 10.0 Å². The number of aromatic carboxylic acids is 1. The second-order valence-corrected chi connectivity index (χ2v) is 7.37. The van der Waals surface area contributed by atoms with E-state index in [0.29, 0.717) is 5.69 Å². The molecule has 0 atom stereocenters. The van der Waals surface area contributed by atoms with Gasteiger partial charge in [-0.1, -0.05) is 17.7 Å². The summed E-state index contributed by atoms with van der Waals surface area (Å²) in [6, 6.07) is 8.22. The fourth-order valence-corrected chi connectivity index (χ4v) is 4.11. The van der Waals surface area contributed by atoms with E-state index >= 15 is 0 Å². The summed E-state index contributed by atoms with van der Waals surface area (Å²) in [6.07, 6.45) is 0. The number of carboxylic acid groups (broad SMARTS) is 1. The molecule has 0 aliphatic rings. The Bertz CT molecular complexity index is 732. The van der Waals surface area contributed by atoms with Crippen molar-refractivity contribution in [3.8, 4) is 0 Å². The maximum Gasteiger partial charge on any atom is 0.336 e.